The Morgan fingerprint density at radius 1 is 1.57 bits per heavy atom. The molecule has 1 aromatic rings. The van der Waals surface area contributed by atoms with Gasteiger partial charge in [-0.1, -0.05) is 25.9 Å². The molecule has 2 rings (SSSR count). The molecule has 2 unspecified atom stereocenters. The first-order valence-electron chi connectivity index (χ1n) is 7.52. The van der Waals surface area contributed by atoms with Crippen LogP contribution in [-0.4, -0.2) is 41.1 Å². The van der Waals surface area contributed by atoms with Crippen molar-refractivity contribution in [3.63, 3.8) is 0 Å². The van der Waals surface area contributed by atoms with E-state index in [1.54, 1.807) is 6.07 Å². The zero-order chi connectivity index (χ0) is 15.6. The van der Waals surface area contributed by atoms with Gasteiger partial charge in [0, 0.05) is 30.1 Å². The van der Waals surface area contributed by atoms with Gasteiger partial charge in [0.15, 0.2) is 0 Å². The van der Waals surface area contributed by atoms with Gasteiger partial charge in [0.2, 0.25) is 11.8 Å². The Morgan fingerprint density at radius 2 is 2.29 bits per heavy atom. The van der Waals surface area contributed by atoms with Crippen LogP contribution in [-0.2, 0) is 10.2 Å². The second kappa shape index (κ2) is 6.15. The van der Waals surface area contributed by atoms with Crippen LogP contribution >= 0.6 is 0 Å². The molecule has 118 valence electrons. The van der Waals surface area contributed by atoms with Gasteiger partial charge in [-0.2, -0.15) is 0 Å². The minimum Gasteiger partial charge on any atom is -0.338 e. The Labute approximate surface area is 126 Å². The van der Waals surface area contributed by atoms with Crippen LogP contribution in [0.25, 0.3) is 0 Å². The lowest BCUT2D eigenvalue weighted by Crippen LogP contribution is -2.48. The molecule has 0 aromatic carbocycles. The lowest BCUT2D eigenvalue weighted by atomic mass is 9.92. The zero-order valence-electron chi connectivity index (χ0n) is 13.3. The van der Waals surface area contributed by atoms with Crippen LogP contribution in [0.3, 0.4) is 0 Å². The Bertz CT molecular complexity index is 492. The molecule has 6 heteroatoms. The van der Waals surface area contributed by atoms with Crippen molar-refractivity contribution in [1.29, 1.82) is 0 Å². The van der Waals surface area contributed by atoms with E-state index in [0.717, 1.165) is 25.1 Å². The molecule has 21 heavy (non-hydrogen) atoms. The number of nitrogens with zero attached hydrogens (tertiary/aromatic N) is 2. The number of amides is 1. The molecule has 0 saturated carbocycles. The quantitative estimate of drug-likeness (QED) is 0.886. The number of hydrogen-bond acceptors (Lipinski definition) is 5. The van der Waals surface area contributed by atoms with Crippen LogP contribution in [0.4, 0.5) is 5.88 Å². The van der Waals surface area contributed by atoms with Crippen molar-refractivity contribution >= 4 is 11.8 Å². The number of piperidine rings is 1. The number of carbonyl (C=O) groups is 1. The normalized spacial score (nSPS) is 24.0. The predicted octanol–water partition coefficient (Wildman–Crippen LogP) is 1.72. The maximum Gasteiger partial charge on any atom is 0.240 e. The SMILES string of the molecule is CC1CC(N)CCN1CC(=O)Nc1cc(C(C)(C)C)no1. The first kappa shape index (κ1) is 16.0. The molecular formula is C15H26N4O2. The average molecular weight is 294 g/mol. The number of likely N-dealkylation sites (tertiary alicyclic amines) is 1. The summed E-state index contributed by atoms with van der Waals surface area (Å²) in [7, 11) is 0. The number of nitrogens with one attached hydrogen (secondary N) is 1. The van der Waals surface area contributed by atoms with Crippen LogP contribution < -0.4 is 11.1 Å². The van der Waals surface area contributed by atoms with E-state index in [-0.39, 0.29) is 17.4 Å². The molecule has 1 fully saturated rings. The average Bonchev–Trinajstić information content (AvgIpc) is 2.81. The number of anilines is 1. The monoisotopic (exact) mass is 294 g/mol. The van der Waals surface area contributed by atoms with Crippen molar-refractivity contribution < 1.29 is 9.32 Å². The van der Waals surface area contributed by atoms with Crippen LogP contribution in [0.2, 0.25) is 0 Å². The summed E-state index contributed by atoms with van der Waals surface area (Å²) in [4.78, 5) is 14.2. The van der Waals surface area contributed by atoms with Crippen molar-refractivity contribution in [2.75, 3.05) is 18.4 Å². The predicted molar refractivity (Wildman–Crippen MR) is 82.1 cm³/mol. The first-order valence-corrected chi connectivity index (χ1v) is 7.52. The van der Waals surface area contributed by atoms with Crippen LogP contribution in [0.15, 0.2) is 10.6 Å². The highest BCUT2D eigenvalue weighted by molar-refractivity contribution is 5.91. The third-order valence-electron chi connectivity index (χ3n) is 3.94. The van der Waals surface area contributed by atoms with Crippen molar-refractivity contribution in [1.82, 2.24) is 10.1 Å². The van der Waals surface area contributed by atoms with E-state index in [1.807, 2.05) is 0 Å². The van der Waals surface area contributed by atoms with Crippen molar-refractivity contribution in [3.8, 4) is 0 Å². The van der Waals surface area contributed by atoms with Gasteiger partial charge in [0.05, 0.1) is 12.2 Å². The Hall–Kier alpha value is -1.40. The zero-order valence-corrected chi connectivity index (χ0v) is 13.3. The van der Waals surface area contributed by atoms with Gasteiger partial charge < -0.3 is 10.3 Å². The summed E-state index contributed by atoms with van der Waals surface area (Å²) >= 11 is 0. The molecule has 0 spiro atoms. The molecule has 0 bridgehead atoms. The summed E-state index contributed by atoms with van der Waals surface area (Å²) < 4.78 is 5.17. The molecule has 0 aliphatic carbocycles. The lowest BCUT2D eigenvalue weighted by molar-refractivity contribution is -0.118. The van der Waals surface area contributed by atoms with E-state index in [0.29, 0.717) is 18.5 Å². The second-order valence-corrected chi connectivity index (χ2v) is 6.98. The molecule has 1 aliphatic heterocycles. The maximum atomic E-state index is 12.1. The molecule has 6 nitrogen and oxygen atoms in total. The second-order valence-electron chi connectivity index (χ2n) is 6.98. The van der Waals surface area contributed by atoms with Gasteiger partial charge in [-0.3, -0.25) is 15.0 Å². The fraction of sp³-hybridized carbons (Fsp3) is 0.733. The van der Waals surface area contributed by atoms with Crippen molar-refractivity contribution in [3.05, 3.63) is 11.8 Å². The third kappa shape index (κ3) is 4.28. The Kier molecular flexibility index (Phi) is 4.68. The molecule has 0 radical (unpaired) electrons. The van der Waals surface area contributed by atoms with Gasteiger partial charge in [-0.25, -0.2) is 0 Å². The number of hydrogen-bond donors (Lipinski definition) is 2. The largest absolute Gasteiger partial charge is 0.338 e. The summed E-state index contributed by atoms with van der Waals surface area (Å²) in [5, 5.41) is 6.76. The lowest BCUT2D eigenvalue weighted by Gasteiger charge is -2.35. The fourth-order valence-electron chi connectivity index (χ4n) is 2.54. The van der Waals surface area contributed by atoms with E-state index >= 15 is 0 Å². The number of aromatic nitrogens is 1. The molecule has 1 aromatic heterocycles. The third-order valence-corrected chi connectivity index (χ3v) is 3.94. The number of carbonyl (C=O) groups excluding carboxylic acids is 1. The molecule has 1 aliphatic rings. The van der Waals surface area contributed by atoms with Gasteiger partial charge >= 0.3 is 0 Å². The molecule has 1 amide bonds. The Balaban J connectivity index is 1.89. The smallest absolute Gasteiger partial charge is 0.240 e. The van der Waals surface area contributed by atoms with Gasteiger partial charge in [0.25, 0.3) is 0 Å². The van der Waals surface area contributed by atoms with Crippen molar-refractivity contribution in [2.45, 2.75) is 58.0 Å². The Morgan fingerprint density at radius 3 is 2.86 bits per heavy atom. The minimum absolute atomic E-state index is 0.0751. The van der Waals surface area contributed by atoms with Gasteiger partial charge in [-0.05, 0) is 19.8 Å². The van der Waals surface area contributed by atoms with Crippen LogP contribution in [0.1, 0.15) is 46.2 Å². The molecule has 3 N–H and O–H groups in total. The van der Waals surface area contributed by atoms with E-state index in [4.69, 9.17) is 10.3 Å². The summed E-state index contributed by atoms with van der Waals surface area (Å²) in [5.74, 6) is 0.334. The van der Waals surface area contributed by atoms with E-state index in [1.165, 1.54) is 0 Å². The number of rotatable bonds is 3. The minimum atomic E-state index is -0.0933. The van der Waals surface area contributed by atoms with Gasteiger partial charge in [0.1, 0.15) is 0 Å². The van der Waals surface area contributed by atoms with E-state index in [9.17, 15) is 4.79 Å². The highest BCUT2D eigenvalue weighted by Crippen LogP contribution is 2.23. The maximum absolute atomic E-state index is 12.1. The van der Waals surface area contributed by atoms with Crippen LogP contribution in [0, 0.1) is 0 Å². The van der Waals surface area contributed by atoms with E-state index < -0.39 is 0 Å². The molecular weight excluding hydrogens is 268 g/mol. The summed E-state index contributed by atoms with van der Waals surface area (Å²) in [6.45, 7) is 9.48. The summed E-state index contributed by atoms with van der Waals surface area (Å²) in [6.07, 6.45) is 1.87. The summed E-state index contributed by atoms with van der Waals surface area (Å²) in [5.41, 5.74) is 6.67. The van der Waals surface area contributed by atoms with Crippen molar-refractivity contribution in [2.24, 2.45) is 5.73 Å². The van der Waals surface area contributed by atoms with Gasteiger partial charge in [-0.15, -0.1) is 0 Å². The topological polar surface area (TPSA) is 84.4 Å². The summed E-state index contributed by atoms with van der Waals surface area (Å²) in [6, 6.07) is 2.37. The van der Waals surface area contributed by atoms with E-state index in [2.05, 4.69) is 43.1 Å². The molecule has 2 atom stereocenters. The first-order chi connectivity index (χ1) is 9.75. The molecule has 1 saturated heterocycles. The highest BCUT2D eigenvalue weighted by atomic mass is 16.5. The molecule has 2 heterocycles. The highest BCUT2D eigenvalue weighted by Gasteiger charge is 2.25. The van der Waals surface area contributed by atoms with Crippen LogP contribution in [0.5, 0.6) is 0 Å². The fourth-order valence-corrected chi connectivity index (χ4v) is 2.54. The standard InChI is InChI=1S/C15H26N4O2/c1-10-7-11(16)5-6-19(10)9-13(20)17-14-8-12(18-21-14)15(2,3)4/h8,10-11H,5-7,9,16H2,1-4H3,(H,17,20). The number of nitrogens with two attached hydrogens (primary N) is 1.